The molecule has 0 aliphatic carbocycles. The van der Waals surface area contributed by atoms with Gasteiger partial charge in [-0.15, -0.1) is 12.4 Å². The minimum atomic E-state index is -0.594. The summed E-state index contributed by atoms with van der Waals surface area (Å²) in [4.78, 5) is 29.4. The van der Waals surface area contributed by atoms with E-state index in [9.17, 15) is 9.59 Å². The largest absolute Gasteiger partial charge is 0.345 e. The second-order valence-corrected chi connectivity index (χ2v) is 9.92. The molecule has 1 unspecified atom stereocenters. The summed E-state index contributed by atoms with van der Waals surface area (Å²) in [7, 11) is 3.70. The molecule has 0 aromatic heterocycles. The predicted octanol–water partition coefficient (Wildman–Crippen LogP) is 2.79. The second kappa shape index (κ2) is 8.72. The molecule has 1 saturated heterocycles. The Kier molecular flexibility index (Phi) is 8.44. The average Bonchev–Trinajstić information content (AvgIpc) is 2.83. The van der Waals surface area contributed by atoms with Crippen LogP contribution in [0.15, 0.2) is 0 Å². The summed E-state index contributed by atoms with van der Waals surface area (Å²) in [6.45, 7) is 15.5. The maximum atomic E-state index is 13.1. The van der Waals surface area contributed by atoms with E-state index >= 15 is 0 Å². The van der Waals surface area contributed by atoms with E-state index in [1.807, 2.05) is 19.0 Å². The molecule has 1 heterocycles. The van der Waals surface area contributed by atoms with Gasteiger partial charge in [0.15, 0.2) is 0 Å². The Bertz CT molecular complexity index is 460. The first-order valence-electron chi connectivity index (χ1n) is 8.96. The van der Waals surface area contributed by atoms with Crippen LogP contribution < -0.4 is 5.32 Å². The molecule has 2 amide bonds. The highest BCUT2D eigenvalue weighted by Crippen LogP contribution is 2.33. The molecule has 1 atom stereocenters. The van der Waals surface area contributed by atoms with E-state index in [4.69, 9.17) is 0 Å². The number of hydrogen-bond acceptors (Lipinski definition) is 3. The number of hydrogen-bond donors (Lipinski definition) is 1. The summed E-state index contributed by atoms with van der Waals surface area (Å²) in [6, 6.07) is 0. The molecule has 0 aromatic carbocycles. The first-order chi connectivity index (χ1) is 10.8. The van der Waals surface area contributed by atoms with Gasteiger partial charge in [-0.1, -0.05) is 41.5 Å². The van der Waals surface area contributed by atoms with Gasteiger partial charge in [0, 0.05) is 40.2 Å². The molecule has 6 heteroatoms. The van der Waals surface area contributed by atoms with Crippen molar-refractivity contribution < 1.29 is 9.59 Å². The molecular weight excluding hydrogens is 338 g/mol. The third-order valence-corrected chi connectivity index (χ3v) is 4.38. The normalized spacial score (nSPS) is 20.8. The maximum Gasteiger partial charge on any atom is 0.230 e. The summed E-state index contributed by atoms with van der Waals surface area (Å²) in [5.41, 5.74) is -0.494. The van der Waals surface area contributed by atoms with Gasteiger partial charge in [-0.05, 0) is 23.8 Å². The minimum absolute atomic E-state index is 0. The van der Waals surface area contributed by atoms with Gasteiger partial charge in [0.25, 0.3) is 0 Å². The predicted molar refractivity (Wildman–Crippen MR) is 106 cm³/mol. The van der Waals surface area contributed by atoms with Crippen LogP contribution in [0.1, 0.15) is 54.4 Å². The standard InChI is InChI=1S/C19H37N3O2.ClH/c1-17(2,3)13-21(7)15(23)11-19(9-10-20-12-19)16(24)22(8)14-18(4,5)6;/h20H,9-14H2,1-8H3;1H. The highest BCUT2D eigenvalue weighted by Gasteiger charge is 2.45. The number of carbonyl (C=O) groups excluding carboxylic acids is 2. The molecule has 148 valence electrons. The molecule has 0 radical (unpaired) electrons. The van der Waals surface area contributed by atoms with Crippen LogP contribution in [0.4, 0.5) is 0 Å². The van der Waals surface area contributed by atoms with Crippen LogP contribution in [-0.4, -0.2) is 61.9 Å². The van der Waals surface area contributed by atoms with E-state index < -0.39 is 5.41 Å². The van der Waals surface area contributed by atoms with Gasteiger partial charge in [-0.25, -0.2) is 0 Å². The highest BCUT2D eigenvalue weighted by atomic mass is 35.5. The van der Waals surface area contributed by atoms with Crippen molar-refractivity contribution >= 4 is 24.2 Å². The van der Waals surface area contributed by atoms with Crippen LogP contribution in [0.3, 0.4) is 0 Å². The van der Waals surface area contributed by atoms with Crippen LogP contribution >= 0.6 is 12.4 Å². The zero-order chi connectivity index (χ0) is 18.8. The second-order valence-electron chi connectivity index (χ2n) is 9.92. The SMILES string of the molecule is CN(CC(C)(C)C)C(=O)CC1(C(=O)N(C)CC(C)(C)C)CCNC1.Cl. The zero-order valence-electron chi connectivity index (χ0n) is 17.4. The Morgan fingerprint density at radius 2 is 1.44 bits per heavy atom. The molecule has 0 spiro atoms. The van der Waals surface area contributed by atoms with Crippen molar-refractivity contribution in [2.75, 3.05) is 40.3 Å². The van der Waals surface area contributed by atoms with Gasteiger partial charge in [0.1, 0.15) is 0 Å². The summed E-state index contributed by atoms with van der Waals surface area (Å²) >= 11 is 0. The van der Waals surface area contributed by atoms with Crippen molar-refractivity contribution in [1.82, 2.24) is 15.1 Å². The summed E-state index contributed by atoms with van der Waals surface area (Å²) in [6.07, 6.45) is 1.02. The molecule has 1 rings (SSSR count). The molecule has 5 nitrogen and oxygen atoms in total. The number of rotatable bonds is 5. The molecular formula is C19H38ClN3O2. The highest BCUT2D eigenvalue weighted by molar-refractivity contribution is 5.89. The van der Waals surface area contributed by atoms with Crippen LogP contribution in [0.25, 0.3) is 0 Å². The van der Waals surface area contributed by atoms with Gasteiger partial charge >= 0.3 is 0 Å². The molecule has 1 aliphatic heterocycles. The molecule has 1 fully saturated rings. The average molecular weight is 376 g/mol. The van der Waals surface area contributed by atoms with Gasteiger partial charge in [0.05, 0.1) is 5.41 Å². The van der Waals surface area contributed by atoms with Crippen LogP contribution in [0, 0.1) is 16.2 Å². The topological polar surface area (TPSA) is 52.7 Å². The fourth-order valence-electron chi connectivity index (χ4n) is 3.57. The Balaban J connectivity index is 0.00000576. The smallest absolute Gasteiger partial charge is 0.230 e. The lowest BCUT2D eigenvalue weighted by Gasteiger charge is -2.36. The molecule has 25 heavy (non-hydrogen) atoms. The number of amides is 2. The van der Waals surface area contributed by atoms with E-state index in [1.54, 1.807) is 4.90 Å². The minimum Gasteiger partial charge on any atom is -0.345 e. The third-order valence-electron chi connectivity index (χ3n) is 4.38. The number of halogens is 1. The van der Waals surface area contributed by atoms with E-state index in [1.165, 1.54) is 0 Å². The molecule has 1 aliphatic rings. The van der Waals surface area contributed by atoms with E-state index in [2.05, 4.69) is 46.9 Å². The lowest BCUT2D eigenvalue weighted by molar-refractivity contribution is -0.147. The van der Waals surface area contributed by atoms with Crippen molar-refractivity contribution in [2.24, 2.45) is 16.2 Å². The molecule has 0 aromatic rings. The Hall–Kier alpha value is -0.810. The monoisotopic (exact) mass is 375 g/mol. The Morgan fingerprint density at radius 1 is 0.960 bits per heavy atom. The third kappa shape index (κ3) is 7.53. The van der Waals surface area contributed by atoms with Crippen LogP contribution in [-0.2, 0) is 9.59 Å². The van der Waals surface area contributed by atoms with E-state index in [0.717, 1.165) is 13.0 Å². The Labute approximate surface area is 160 Å². The van der Waals surface area contributed by atoms with Gasteiger partial charge in [-0.2, -0.15) is 0 Å². The zero-order valence-corrected chi connectivity index (χ0v) is 18.2. The number of nitrogens with zero attached hydrogens (tertiary/aromatic N) is 2. The quantitative estimate of drug-likeness (QED) is 0.803. The fraction of sp³-hybridized carbons (Fsp3) is 0.895. The van der Waals surface area contributed by atoms with E-state index in [-0.39, 0.29) is 35.1 Å². The molecule has 0 saturated carbocycles. The summed E-state index contributed by atoms with van der Waals surface area (Å²) in [5.74, 6) is 0.158. The van der Waals surface area contributed by atoms with Crippen LogP contribution in [0.5, 0.6) is 0 Å². The fourth-order valence-corrected chi connectivity index (χ4v) is 3.57. The van der Waals surface area contributed by atoms with Gasteiger partial charge < -0.3 is 15.1 Å². The molecule has 1 N–H and O–H groups in total. The van der Waals surface area contributed by atoms with Crippen molar-refractivity contribution in [1.29, 1.82) is 0 Å². The maximum absolute atomic E-state index is 13.1. The summed E-state index contributed by atoms with van der Waals surface area (Å²) < 4.78 is 0. The lowest BCUT2D eigenvalue weighted by atomic mass is 9.80. The first kappa shape index (κ1) is 24.2. The van der Waals surface area contributed by atoms with Crippen molar-refractivity contribution in [3.05, 3.63) is 0 Å². The van der Waals surface area contributed by atoms with Gasteiger partial charge in [-0.3, -0.25) is 9.59 Å². The summed E-state index contributed by atoms with van der Waals surface area (Å²) in [5, 5.41) is 3.29. The number of nitrogens with one attached hydrogen (secondary N) is 1. The molecule has 0 bridgehead atoms. The van der Waals surface area contributed by atoms with Crippen molar-refractivity contribution in [3.63, 3.8) is 0 Å². The van der Waals surface area contributed by atoms with Gasteiger partial charge in [0.2, 0.25) is 11.8 Å². The van der Waals surface area contributed by atoms with Crippen molar-refractivity contribution in [2.45, 2.75) is 54.4 Å². The lowest BCUT2D eigenvalue weighted by Crippen LogP contribution is -2.49. The van der Waals surface area contributed by atoms with E-state index in [0.29, 0.717) is 26.1 Å². The van der Waals surface area contributed by atoms with Crippen molar-refractivity contribution in [3.8, 4) is 0 Å². The first-order valence-corrected chi connectivity index (χ1v) is 8.96. The Morgan fingerprint density at radius 3 is 1.84 bits per heavy atom. The van der Waals surface area contributed by atoms with Crippen LogP contribution in [0.2, 0.25) is 0 Å². The number of carbonyl (C=O) groups is 2.